The maximum absolute atomic E-state index is 13.1. The average Bonchev–Trinajstić information content (AvgIpc) is 3.08. The standard InChI is InChI=1S/C22H27N3O3/c26-21(24-12-8-3-9-13-24)18-11-5-4-10-17(18)20-19(23-16-28-20)22(27)25-14-6-1-2-7-15-25/h4-5,10-11,16H,1-3,6-9,12-15H2. The second-order valence-corrected chi connectivity index (χ2v) is 7.63. The quantitative estimate of drug-likeness (QED) is 0.806. The Bertz CT molecular complexity index is 831. The third-order valence-corrected chi connectivity index (χ3v) is 5.71. The van der Waals surface area contributed by atoms with Crippen LogP contribution in [0.25, 0.3) is 11.3 Å². The maximum Gasteiger partial charge on any atom is 0.276 e. The van der Waals surface area contributed by atoms with Gasteiger partial charge in [0, 0.05) is 31.7 Å². The number of carbonyl (C=O) groups excluding carboxylic acids is 2. The Kier molecular flexibility index (Phi) is 5.74. The van der Waals surface area contributed by atoms with Gasteiger partial charge >= 0.3 is 0 Å². The first-order valence-electron chi connectivity index (χ1n) is 10.4. The molecule has 6 heteroatoms. The Labute approximate surface area is 165 Å². The van der Waals surface area contributed by atoms with Crippen LogP contribution in [0, 0.1) is 0 Å². The summed E-state index contributed by atoms with van der Waals surface area (Å²) < 4.78 is 5.64. The molecule has 4 rings (SSSR count). The molecule has 0 saturated carbocycles. The van der Waals surface area contributed by atoms with Gasteiger partial charge in [0.1, 0.15) is 0 Å². The Morgan fingerprint density at radius 3 is 2.04 bits per heavy atom. The van der Waals surface area contributed by atoms with Crippen molar-refractivity contribution in [2.24, 2.45) is 0 Å². The lowest BCUT2D eigenvalue weighted by atomic mass is 10.0. The predicted octanol–water partition coefficient (Wildman–Crippen LogP) is 3.98. The van der Waals surface area contributed by atoms with Gasteiger partial charge < -0.3 is 14.2 Å². The van der Waals surface area contributed by atoms with Crippen LogP contribution in [0.2, 0.25) is 0 Å². The predicted molar refractivity (Wildman–Crippen MR) is 106 cm³/mol. The molecule has 0 radical (unpaired) electrons. The highest BCUT2D eigenvalue weighted by atomic mass is 16.3. The number of rotatable bonds is 3. The van der Waals surface area contributed by atoms with Gasteiger partial charge in [-0.25, -0.2) is 4.98 Å². The van der Waals surface area contributed by atoms with E-state index in [-0.39, 0.29) is 11.8 Å². The molecule has 28 heavy (non-hydrogen) atoms. The van der Waals surface area contributed by atoms with Gasteiger partial charge in [-0.15, -0.1) is 0 Å². The van der Waals surface area contributed by atoms with Crippen LogP contribution in [0.15, 0.2) is 35.1 Å². The highest BCUT2D eigenvalue weighted by Gasteiger charge is 2.28. The van der Waals surface area contributed by atoms with Crippen LogP contribution in [0.5, 0.6) is 0 Å². The van der Waals surface area contributed by atoms with Gasteiger partial charge in [-0.3, -0.25) is 9.59 Å². The number of likely N-dealkylation sites (tertiary alicyclic amines) is 2. The molecule has 2 aliphatic heterocycles. The highest BCUT2D eigenvalue weighted by molar-refractivity contribution is 6.04. The molecule has 0 aliphatic carbocycles. The molecule has 6 nitrogen and oxygen atoms in total. The fourth-order valence-corrected chi connectivity index (χ4v) is 4.15. The van der Waals surface area contributed by atoms with Crippen molar-refractivity contribution in [1.29, 1.82) is 0 Å². The topological polar surface area (TPSA) is 66.7 Å². The lowest BCUT2D eigenvalue weighted by Gasteiger charge is -2.27. The molecule has 0 unspecified atom stereocenters. The number of amides is 2. The summed E-state index contributed by atoms with van der Waals surface area (Å²) in [5, 5.41) is 0. The lowest BCUT2D eigenvalue weighted by molar-refractivity contribution is 0.0722. The molecule has 1 aromatic heterocycles. The van der Waals surface area contributed by atoms with Gasteiger partial charge in [-0.1, -0.05) is 31.0 Å². The van der Waals surface area contributed by atoms with Crippen LogP contribution < -0.4 is 0 Å². The van der Waals surface area contributed by atoms with Crippen molar-refractivity contribution in [3.8, 4) is 11.3 Å². The van der Waals surface area contributed by atoms with Gasteiger partial charge in [0.05, 0.1) is 5.56 Å². The monoisotopic (exact) mass is 381 g/mol. The van der Waals surface area contributed by atoms with E-state index < -0.39 is 0 Å². The molecule has 3 heterocycles. The van der Waals surface area contributed by atoms with Crippen LogP contribution in [0.1, 0.15) is 65.8 Å². The molecule has 2 aromatic rings. The van der Waals surface area contributed by atoms with Crippen LogP contribution in [-0.4, -0.2) is 52.8 Å². The van der Waals surface area contributed by atoms with Crippen molar-refractivity contribution in [2.75, 3.05) is 26.2 Å². The molecule has 2 amide bonds. The Hall–Kier alpha value is -2.63. The van der Waals surface area contributed by atoms with E-state index in [1.807, 2.05) is 34.1 Å². The van der Waals surface area contributed by atoms with Crippen LogP contribution >= 0.6 is 0 Å². The molecule has 0 bridgehead atoms. The van der Waals surface area contributed by atoms with Crippen LogP contribution in [0.3, 0.4) is 0 Å². The molecule has 0 spiro atoms. The van der Waals surface area contributed by atoms with Gasteiger partial charge in [0.25, 0.3) is 11.8 Å². The number of benzene rings is 1. The van der Waals surface area contributed by atoms with E-state index in [0.717, 1.165) is 64.7 Å². The van der Waals surface area contributed by atoms with Gasteiger partial charge in [-0.05, 0) is 38.2 Å². The van der Waals surface area contributed by atoms with Crippen molar-refractivity contribution < 1.29 is 14.0 Å². The molecule has 148 valence electrons. The summed E-state index contributed by atoms with van der Waals surface area (Å²) in [7, 11) is 0. The first-order valence-corrected chi connectivity index (χ1v) is 10.4. The van der Waals surface area contributed by atoms with Crippen molar-refractivity contribution in [3.63, 3.8) is 0 Å². The summed E-state index contributed by atoms with van der Waals surface area (Å²) in [5.74, 6) is 0.293. The number of hydrogen-bond donors (Lipinski definition) is 0. The molecular formula is C22H27N3O3. The Morgan fingerprint density at radius 1 is 0.786 bits per heavy atom. The van der Waals surface area contributed by atoms with Crippen LogP contribution in [-0.2, 0) is 0 Å². The number of piperidine rings is 1. The van der Waals surface area contributed by atoms with Gasteiger partial charge in [0.2, 0.25) is 0 Å². The van der Waals surface area contributed by atoms with Gasteiger partial charge in [0.15, 0.2) is 17.8 Å². The number of carbonyl (C=O) groups is 2. The summed E-state index contributed by atoms with van der Waals surface area (Å²) in [4.78, 5) is 34.2. The summed E-state index contributed by atoms with van der Waals surface area (Å²) in [6, 6.07) is 7.38. The average molecular weight is 381 g/mol. The normalized spacial score (nSPS) is 18.0. The number of oxazole rings is 1. The summed E-state index contributed by atoms with van der Waals surface area (Å²) in [6.07, 6.45) is 8.89. The first kappa shape index (κ1) is 18.7. The number of nitrogens with zero attached hydrogens (tertiary/aromatic N) is 3. The summed E-state index contributed by atoms with van der Waals surface area (Å²) in [6.45, 7) is 3.06. The van der Waals surface area contributed by atoms with E-state index >= 15 is 0 Å². The molecule has 1 aromatic carbocycles. The largest absolute Gasteiger partial charge is 0.443 e. The highest BCUT2D eigenvalue weighted by Crippen LogP contribution is 2.29. The maximum atomic E-state index is 13.1. The molecule has 0 atom stereocenters. The second-order valence-electron chi connectivity index (χ2n) is 7.63. The first-order chi connectivity index (χ1) is 13.8. The Morgan fingerprint density at radius 2 is 1.36 bits per heavy atom. The third kappa shape index (κ3) is 3.81. The van der Waals surface area contributed by atoms with Crippen molar-refractivity contribution in [3.05, 3.63) is 41.9 Å². The minimum absolute atomic E-state index is 0.000119. The third-order valence-electron chi connectivity index (χ3n) is 5.71. The van der Waals surface area contributed by atoms with E-state index in [1.54, 1.807) is 0 Å². The number of hydrogen-bond acceptors (Lipinski definition) is 4. The van der Waals surface area contributed by atoms with E-state index in [1.165, 1.54) is 12.8 Å². The fraction of sp³-hybridized carbons (Fsp3) is 0.500. The van der Waals surface area contributed by atoms with E-state index in [4.69, 9.17) is 4.42 Å². The molecular weight excluding hydrogens is 354 g/mol. The van der Waals surface area contributed by atoms with E-state index in [0.29, 0.717) is 22.6 Å². The fourth-order valence-electron chi connectivity index (χ4n) is 4.15. The molecule has 2 saturated heterocycles. The van der Waals surface area contributed by atoms with Gasteiger partial charge in [-0.2, -0.15) is 0 Å². The van der Waals surface area contributed by atoms with Crippen molar-refractivity contribution in [2.45, 2.75) is 44.9 Å². The van der Waals surface area contributed by atoms with Crippen molar-refractivity contribution >= 4 is 11.8 Å². The molecule has 0 N–H and O–H groups in total. The minimum atomic E-state index is -0.106. The smallest absolute Gasteiger partial charge is 0.276 e. The summed E-state index contributed by atoms with van der Waals surface area (Å²) >= 11 is 0. The minimum Gasteiger partial charge on any atom is -0.443 e. The second kappa shape index (κ2) is 8.59. The molecule has 2 fully saturated rings. The zero-order valence-corrected chi connectivity index (χ0v) is 16.2. The van der Waals surface area contributed by atoms with E-state index in [2.05, 4.69) is 4.98 Å². The zero-order valence-electron chi connectivity index (χ0n) is 16.2. The number of aromatic nitrogens is 1. The van der Waals surface area contributed by atoms with Crippen molar-refractivity contribution in [1.82, 2.24) is 14.8 Å². The SMILES string of the molecule is O=C(c1ccccc1-c1ocnc1C(=O)N1CCCCCC1)N1CCCCC1. The van der Waals surface area contributed by atoms with Crippen LogP contribution in [0.4, 0.5) is 0 Å². The lowest BCUT2D eigenvalue weighted by Crippen LogP contribution is -2.36. The zero-order chi connectivity index (χ0) is 19.3. The molecule has 2 aliphatic rings. The van der Waals surface area contributed by atoms with E-state index in [9.17, 15) is 9.59 Å². The summed E-state index contributed by atoms with van der Waals surface area (Å²) in [5.41, 5.74) is 1.53. The Balaban J connectivity index is 1.64.